The van der Waals surface area contributed by atoms with E-state index in [1.165, 1.54) is 0 Å². The first-order valence-electron chi connectivity index (χ1n) is 11.5. The lowest BCUT2D eigenvalue weighted by Crippen LogP contribution is -2.53. The first-order chi connectivity index (χ1) is 16.1. The molecule has 0 unspecified atom stereocenters. The first kappa shape index (κ1) is 24.0. The number of rotatable bonds is 4. The summed E-state index contributed by atoms with van der Waals surface area (Å²) in [6.45, 7) is 9.88. The molecule has 5 nitrogen and oxygen atoms in total. The number of hydrogen-bond donors (Lipinski definition) is 0. The van der Waals surface area contributed by atoms with E-state index < -0.39 is 5.41 Å². The fourth-order valence-electron chi connectivity index (χ4n) is 4.48. The maximum Gasteiger partial charge on any atom is 0.228 e. The molecule has 0 aliphatic carbocycles. The second-order valence-corrected chi connectivity index (χ2v) is 10.3. The van der Waals surface area contributed by atoms with E-state index in [0.29, 0.717) is 35.8 Å². The average molecular weight is 476 g/mol. The molecule has 1 aliphatic rings. The maximum atomic E-state index is 13.1. The van der Waals surface area contributed by atoms with Crippen molar-refractivity contribution in [2.24, 2.45) is 5.41 Å². The molecular formula is C28H30ClN3O2. The summed E-state index contributed by atoms with van der Waals surface area (Å²) in [4.78, 5) is 34.3. The number of hydrogen-bond acceptors (Lipinski definition) is 4. The number of amides is 1. The molecule has 0 radical (unpaired) electrons. The Morgan fingerprint density at radius 1 is 1.00 bits per heavy atom. The Kier molecular flexibility index (Phi) is 6.76. The van der Waals surface area contributed by atoms with Gasteiger partial charge in [-0.05, 0) is 48.4 Å². The van der Waals surface area contributed by atoms with Gasteiger partial charge in [-0.25, -0.2) is 0 Å². The van der Waals surface area contributed by atoms with Crippen molar-refractivity contribution in [2.45, 2.75) is 33.7 Å². The minimum Gasteiger partial charge on any atom is -0.361 e. The molecule has 34 heavy (non-hydrogen) atoms. The summed E-state index contributed by atoms with van der Waals surface area (Å²) in [5.74, 6) is 0.0894. The van der Waals surface area contributed by atoms with Crippen LogP contribution in [0, 0.1) is 12.3 Å². The monoisotopic (exact) mass is 475 g/mol. The Hall–Kier alpha value is -3.18. The molecule has 0 spiro atoms. The molecular weight excluding hydrogens is 446 g/mol. The Morgan fingerprint density at radius 3 is 2.35 bits per heavy atom. The van der Waals surface area contributed by atoms with Gasteiger partial charge in [0, 0.05) is 59.3 Å². The average Bonchev–Trinajstić information content (AvgIpc) is 2.83. The summed E-state index contributed by atoms with van der Waals surface area (Å²) >= 11 is 6.21. The van der Waals surface area contributed by atoms with Gasteiger partial charge in [-0.15, -0.1) is 0 Å². The van der Waals surface area contributed by atoms with Gasteiger partial charge in [0.15, 0.2) is 5.78 Å². The van der Waals surface area contributed by atoms with E-state index in [1.807, 2.05) is 68.1 Å². The van der Waals surface area contributed by atoms with Crippen LogP contribution in [-0.2, 0) is 4.79 Å². The third-order valence-electron chi connectivity index (χ3n) is 6.26. The third-order valence-corrected chi connectivity index (χ3v) is 6.49. The van der Waals surface area contributed by atoms with E-state index in [-0.39, 0.29) is 17.7 Å². The SMILES string of the molecule is Cc1cc(Cl)ccc1N1CCN(C(=O)C(C)(C)C)C[C@H]1c1ccc(C(=O)c2cccnc2)cc1. The van der Waals surface area contributed by atoms with Gasteiger partial charge in [-0.3, -0.25) is 14.6 Å². The van der Waals surface area contributed by atoms with Crippen molar-refractivity contribution >= 4 is 29.0 Å². The summed E-state index contributed by atoms with van der Waals surface area (Å²) in [6, 6.07) is 17.1. The van der Waals surface area contributed by atoms with Gasteiger partial charge in [0.2, 0.25) is 5.91 Å². The van der Waals surface area contributed by atoms with Crippen LogP contribution >= 0.6 is 11.6 Å². The second-order valence-electron chi connectivity index (χ2n) is 9.83. The molecule has 0 saturated carbocycles. The molecule has 0 bridgehead atoms. The van der Waals surface area contributed by atoms with Crippen molar-refractivity contribution in [3.63, 3.8) is 0 Å². The highest BCUT2D eigenvalue weighted by atomic mass is 35.5. The van der Waals surface area contributed by atoms with Crippen LogP contribution in [0.3, 0.4) is 0 Å². The van der Waals surface area contributed by atoms with Crippen molar-refractivity contribution in [3.05, 3.63) is 94.3 Å². The lowest BCUT2D eigenvalue weighted by molar-refractivity contribution is -0.140. The highest BCUT2D eigenvalue weighted by molar-refractivity contribution is 6.30. The fraction of sp³-hybridized carbons (Fsp3) is 0.321. The molecule has 176 valence electrons. The Bertz CT molecular complexity index is 1190. The number of ketones is 1. The van der Waals surface area contributed by atoms with Crippen molar-refractivity contribution in [1.82, 2.24) is 9.88 Å². The number of benzene rings is 2. The molecule has 3 aromatic rings. The van der Waals surface area contributed by atoms with Crippen LogP contribution in [0.25, 0.3) is 0 Å². The second kappa shape index (κ2) is 9.59. The molecule has 2 heterocycles. The summed E-state index contributed by atoms with van der Waals surface area (Å²) in [6.07, 6.45) is 3.24. The van der Waals surface area contributed by atoms with Gasteiger partial charge in [0.05, 0.1) is 6.04 Å². The van der Waals surface area contributed by atoms with Gasteiger partial charge in [0.25, 0.3) is 0 Å². The third kappa shape index (κ3) is 5.00. The maximum absolute atomic E-state index is 13.1. The molecule has 0 N–H and O–H groups in total. The van der Waals surface area contributed by atoms with Gasteiger partial charge < -0.3 is 9.80 Å². The fourth-order valence-corrected chi connectivity index (χ4v) is 4.70. The van der Waals surface area contributed by atoms with E-state index in [1.54, 1.807) is 24.5 Å². The highest BCUT2D eigenvalue weighted by Crippen LogP contribution is 2.35. The van der Waals surface area contributed by atoms with Gasteiger partial charge in [0.1, 0.15) is 0 Å². The largest absolute Gasteiger partial charge is 0.361 e. The number of carbonyl (C=O) groups excluding carboxylic acids is 2. The van der Waals surface area contributed by atoms with E-state index in [4.69, 9.17) is 11.6 Å². The predicted octanol–water partition coefficient (Wildman–Crippen LogP) is 5.71. The molecule has 1 amide bonds. The summed E-state index contributed by atoms with van der Waals surface area (Å²) < 4.78 is 0. The van der Waals surface area contributed by atoms with Crippen molar-refractivity contribution in [2.75, 3.05) is 24.5 Å². The number of carbonyl (C=O) groups is 2. The Labute approximate surface area is 206 Å². The van der Waals surface area contributed by atoms with Crippen LogP contribution in [0.15, 0.2) is 67.0 Å². The first-order valence-corrected chi connectivity index (χ1v) is 11.9. The van der Waals surface area contributed by atoms with Crippen LogP contribution in [0.4, 0.5) is 5.69 Å². The number of pyridine rings is 1. The van der Waals surface area contributed by atoms with Gasteiger partial charge in [-0.2, -0.15) is 0 Å². The normalized spacial score (nSPS) is 16.4. The molecule has 2 aromatic carbocycles. The lowest BCUT2D eigenvalue weighted by Gasteiger charge is -2.45. The van der Waals surface area contributed by atoms with Gasteiger partial charge in [-0.1, -0.05) is 56.6 Å². The molecule has 1 aliphatic heterocycles. The lowest BCUT2D eigenvalue weighted by atomic mass is 9.92. The van der Waals surface area contributed by atoms with Crippen LogP contribution < -0.4 is 4.90 Å². The number of nitrogens with zero attached hydrogens (tertiary/aromatic N) is 3. The minimum atomic E-state index is -0.442. The van der Waals surface area contributed by atoms with E-state index >= 15 is 0 Å². The van der Waals surface area contributed by atoms with Crippen LogP contribution in [0.2, 0.25) is 5.02 Å². The topological polar surface area (TPSA) is 53.5 Å². The Balaban J connectivity index is 1.67. The van der Waals surface area contributed by atoms with Crippen molar-refractivity contribution in [3.8, 4) is 0 Å². The summed E-state index contributed by atoms with van der Waals surface area (Å²) in [5.41, 5.74) is 3.99. The number of aromatic nitrogens is 1. The number of anilines is 1. The predicted molar refractivity (Wildman–Crippen MR) is 136 cm³/mol. The number of aryl methyl sites for hydroxylation is 1. The molecule has 1 aromatic heterocycles. The number of piperazine rings is 1. The summed E-state index contributed by atoms with van der Waals surface area (Å²) in [5, 5.41) is 0.706. The van der Waals surface area contributed by atoms with Crippen LogP contribution in [0.1, 0.15) is 53.9 Å². The standard InChI is InChI=1S/C28H30ClN3O2/c1-19-16-23(29)11-12-24(19)32-15-14-31(27(34)28(2,3)4)18-25(32)20-7-9-21(10-8-20)26(33)22-6-5-13-30-17-22/h5-13,16-17,25H,14-15,18H2,1-4H3/t25-/m0/s1. The molecule has 1 fully saturated rings. The van der Waals surface area contributed by atoms with E-state index in [0.717, 1.165) is 16.8 Å². The zero-order valence-electron chi connectivity index (χ0n) is 20.1. The van der Waals surface area contributed by atoms with Crippen LogP contribution in [0.5, 0.6) is 0 Å². The molecule has 6 heteroatoms. The minimum absolute atomic E-state index is 0.0394. The van der Waals surface area contributed by atoms with Gasteiger partial charge >= 0.3 is 0 Å². The van der Waals surface area contributed by atoms with Crippen molar-refractivity contribution in [1.29, 1.82) is 0 Å². The molecule has 1 saturated heterocycles. The smallest absolute Gasteiger partial charge is 0.228 e. The van der Waals surface area contributed by atoms with E-state index in [2.05, 4.69) is 16.8 Å². The molecule has 1 atom stereocenters. The van der Waals surface area contributed by atoms with Crippen LogP contribution in [-0.4, -0.2) is 41.2 Å². The zero-order valence-corrected chi connectivity index (χ0v) is 20.8. The highest BCUT2D eigenvalue weighted by Gasteiger charge is 2.35. The Morgan fingerprint density at radius 2 is 1.74 bits per heavy atom. The number of halogens is 1. The van der Waals surface area contributed by atoms with Crippen molar-refractivity contribution < 1.29 is 9.59 Å². The molecule has 4 rings (SSSR count). The summed E-state index contributed by atoms with van der Waals surface area (Å²) in [7, 11) is 0. The quantitative estimate of drug-likeness (QED) is 0.453. The zero-order chi connectivity index (χ0) is 24.5. The van der Waals surface area contributed by atoms with E-state index in [9.17, 15) is 9.59 Å².